The number of halogens is 2. The van der Waals surface area contributed by atoms with E-state index in [1.807, 2.05) is 48.5 Å². The number of benzene rings is 4. The Hall–Kier alpha value is -4.80. The van der Waals surface area contributed by atoms with Gasteiger partial charge in [-0.1, -0.05) is 0 Å². The van der Waals surface area contributed by atoms with Crippen LogP contribution < -0.4 is 29.2 Å². The van der Waals surface area contributed by atoms with Crippen LogP contribution in [0.15, 0.2) is 72.8 Å². The first-order valence-corrected chi connectivity index (χ1v) is 17.3. The van der Waals surface area contributed by atoms with Crippen molar-refractivity contribution in [2.75, 3.05) is 62.7 Å². The normalized spacial score (nSPS) is 20.0. The number of esters is 1. The van der Waals surface area contributed by atoms with Crippen LogP contribution in [0, 0.1) is 11.8 Å². The number of phenols is 1. The van der Waals surface area contributed by atoms with Gasteiger partial charge in [0.2, 0.25) is 12.5 Å². The van der Waals surface area contributed by atoms with Gasteiger partial charge < -0.3 is 39.0 Å². The molecule has 50 heavy (non-hydrogen) atoms. The van der Waals surface area contributed by atoms with Crippen LogP contribution in [0.1, 0.15) is 44.6 Å². The molecule has 1 aliphatic carbocycles. The van der Waals surface area contributed by atoms with Crippen molar-refractivity contribution < 1.29 is 38.4 Å². The summed E-state index contributed by atoms with van der Waals surface area (Å²) in [5.74, 6) is 0.785. The molecule has 0 saturated carbocycles. The molecule has 3 aliphatic rings. The number of anilines is 2. The van der Waals surface area contributed by atoms with Crippen LogP contribution in [-0.4, -0.2) is 69.3 Å². The summed E-state index contributed by atoms with van der Waals surface area (Å²) in [4.78, 5) is 29.0. The first kappa shape index (κ1) is 33.7. The highest BCUT2D eigenvalue weighted by Crippen LogP contribution is 2.56. The van der Waals surface area contributed by atoms with E-state index in [1.165, 1.54) is 14.2 Å². The van der Waals surface area contributed by atoms with E-state index in [4.69, 9.17) is 46.9 Å². The van der Waals surface area contributed by atoms with Gasteiger partial charge in [-0.15, -0.1) is 23.2 Å². The molecule has 4 atom stereocenters. The molecule has 4 aromatic carbocycles. The fourth-order valence-electron chi connectivity index (χ4n) is 7.30. The molecule has 0 bridgehead atoms. The number of aromatic hydroxyl groups is 1. The van der Waals surface area contributed by atoms with Gasteiger partial charge in [0.05, 0.1) is 32.8 Å². The van der Waals surface area contributed by atoms with Crippen LogP contribution in [0.3, 0.4) is 0 Å². The first-order valence-electron chi connectivity index (χ1n) is 16.3. The second-order valence-corrected chi connectivity index (χ2v) is 13.1. The second-order valence-electron chi connectivity index (χ2n) is 12.3. The molecule has 2 heterocycles. The smallest absolute Gasteiger partial charge is 0.310 e. The van der Waals surface area contributed by atoms with Crippen LogP contribution in [0.4, 0.5) is 11.4 Å². The van der Waals surface area contributed by atoms with Crippen LogP contribution >= 0.6 is 23.2 Å². The molecule has 0 radical (unpaired) electrons. The maximum Gasteiger partial charge on any atom is 0.310 e. The Kier molecular flexibility index (Phi) is 9.57. The van der Waals surface area contributed by atoms with Gasteiger partial charge in [-0.05, 0) is 89.5 Å². The number of ketones is 1. The number of cyclic esters (lactones) is 1. The standard InChI is InChI=1S/C38H36Cl2N2O8/c1-46-31-15-23(16-32(47-2)37(31)44)33-26-17-29-30(50-20-49-29)18-27(26)35(28-19-48-38(45)34(28)33)41-24-7-3-21(4-8-24)36(43)22-5-9-25(10-6-22)42(13-11-39)14-12-40/h3-10,15-18,28,33-35,41,44H,11-14,19-20H2,1-2H3/t28-,33+,34-,35+/m0/s1. The van der Waals surface area contributed by atoms with Crippen molar-refractivity contribution >= 4 is 46.3 Å². The van der Waals surface area contributed by atoms with E-state index in [9.17, 15) is 14.7 Å². The molecule has 0 unspecified atom stereocenters. The quantitative estimate of drug-likeness (QED) is 0.0927. The van der Waals surface area contributed by atoms with Crippen LogP contribution in [0.2, 0.25) is 0 Å². The number of rotatable bonds is 12. The second kappa shape index (κ2) is 14.2. The van der Waals surface area contributed by atoms with Crippen LogP contribution in [0.5, 0.6) is 28.7 Å². The molecule has 1 saturated heterocycles. The average Bonchev–Trinajstić information content (AvgIpc) is 3.77. The van der Waals surface area contributed by atoms with E-state index in [-0.39, 0.29) is 54.4 Å². The zero-order valence-electron chi connectivity index (χ0n) is 27.5. The molecule has 10 nitrogen and oxygen atoms in total. The van der Waals surface area contributed by atoms with E-state index in [1.54, 1.807) is 24.3 Å². The van der Waals surface area contributed by atoms with Gasteiger partial charge in [-0.3, -0.25) is 9.59 Å². The summed E-state index contributed by atoms with van der Waals surface area (Å²) >= 11 is 11.9. The third-order valence-corrected chi connectivity index (χ3v) is 10.1. The number of hydrogen-bond donors (Lipinski definition) is 2. The molecule has 260 valence electrons. The number of hydrogen-bond acceptors (Lipinski definition) is 10. The number of nitrogens with zero attached hydrogens (tertiary/aromatic N) is 1. The van der Waals surface area contributed by atoms with E-state index >= 15 is 0 Å². The van der Waals surface area contributed by atoms with Gasteiger partial charge in [-0.25, -0.2) is 0 Å². The number of ether oxygens (including phenoxy) is 5. The number of alkyl halides is 2. The van der Waals surface area contributed by atoms with E-state index < -0.39 is 11.8 Å². The van der Waals surface area contributed by atoms with Gasteiger partial charge in [0, 0.05) is 59.2 Å². The molecule has 12 heteroatoms. The van der Waals surface area contributed by atoms with Crippen molar-refractivity contribution in [3.63, 3.8) is 0 Å². The summed E-state index contributed by atoms with van der Waals surface area (Å²) in [5.41, 5.74) is 5.34. The monoisotopic (exact) mass is 718 g/mol. The molecule has 0 aromatic heterocycles. The lowest BCUT2D eigenvalue weighted by atomic mass is 9.65. The minimum atomic E-state index is -0.562. The highest BCUT2D eigenvalue weighted by atomic mass is 35.5. The fraction of sp³-hybridized carbons (Fsp3) is 0.316. The largest absolute Gasteiger partial charge is 0.502 e. The topological polar surface area (TPSA) is 116 Å². The number of carbonyl (C=O) groups is 2. The zero-order valence-corrected chi connectivity index (χ0v) is 29.0. The first-order chi connectivity index (χ1) is 24.3. The van der Waals surface area contributed by atoms with Crippen LogP contribution in [0.25, 0.3) is 0 Å². The summed E-state index contributed by atoms with van der Waals surface area (Å²) in [6, 6.07) is 21.8. The third-order valence-electron chi connectivity index (χ3n) is 9.72. The molecular weight excluding hydrogens is 683 g/mol. The zero-order chi connectivity index (χ0) is 34.9. The van der Waals surface area contributed by atoms with Gasteiger partial charge >= 0.3 is 5.97 Å². The average molecular weight is 720 g/mol. The molecule has 4 aromatic rings. The lowest BCUT2D eigenvalue weighted by Crippen LogP contribution is -2.37. The van der Waals surface area contributed by atoms with Gasteiger partial charge in [0.25, 0.3) is 0 Å². The van der Waals surface area contributed by atoms with E-state index in [0.29, 0.717) is 47.5 Å². The summed E-state index contributed by atoms with van der Waals surface area (Å²) in [7, 11) is 2.93. The highest BCUT2D eigenvalue weighted by Gasteiger charge is 2.52. The highest BCUT2D eigenvalue weighted by molar-refractivity contribution is 6.18. The Morgan fingerprint density at radius 1 is 0.860 bits per heavy atom. The van der Waals surface area contributed by atoms with Crippen molar-refractivity contribution in [3.8, 4) is 28.7 Å². The Balaban J connectivity index is 1.20. The molecule has 0 spiro atoms. The molecule has 2 N–H and O–H groups in total. The molecular formula is C38H36Cl2N2O8. The van der Waals surface area contributed by atoms with Crippen molar-refractivity contribution in [2.24, 2.45) is 11.8 Å². The van der Waals surface area contributed by atoms with Gasteiger partial charge in [-0.2, -0.15) is 0 Å². The minimum Gasteiger partial charge on any atom is -0.502 e. The van der Waals surface area contributed by atoms with Crippen molar-refractivity contribution in [3.05, 3.63) is 101 Å². The number of carbonyl (C=O) groups excluding carboxylic acids is 2. The number of phenolic OH excluding ortho intramolecular Hbond substituents is 1. The Labute approximate surface area is 299 Å². The number of fused-ring (bicyclic) bond motifs is 3. The van der Waals surface area contributed by atoms with Crippen molar-refractivity contribution in [1.82, 2.24) is 0 Å². The third kappa shape index (κ3) is 6.11. The maximum atomic E-state index is 13.5. The molecule has 2 aliphatic heterocycles. The summed E-state index contributed by atoms with van der Waals surface area (Å²) in [6.45, 7) is 1.62. The lowest BCUT2D eigenvalue weighted by molar-refractivity contribution is -0.141. The Morgan fingerprint density at radius 3 is 2.02 bits per heavy atom. The number of methoxy groups -OCH3 is 2. The summed E-state index contributed by atoms with van der Waals surface area (Å²) < 4.78 is 28.2. The molecule has 7 rings (SSSR count). The lowest BCUT2D eigenvalue weighted by Gasteiger charge is -2.40. The molecule has 0 amide bonds. The summed E-state index contributed by atoms with van der Waals surface area (Å²) in [5, 5.41) is 14.3. The van der Waals surface area contributed by atoms with Gasteiger partial charge in [0.1, 0.15) is 0 Å². The predicted molar refractivity (Wildman–Crippen MR) is 190 cm³/mol. The fourth-order valence-corrected chi connectivity index (χ4v) is 7.71. The Bertz CT molecular complexity index is 1870. The number of nitrogens with one attached hydrogen (secondary N) is 1. The van der Waals surface area contributed by atoms with E-state index in [0.717, 1.165) is 28.1 Å². The SMILES string of the molecule is COc1cc([C@@H]2c3cc4c(cc3[C@@H](Nc3ccc(C(=O)c5ccc(N(CCCl)CCCl)cc5)cc3)[C@H]3COC(=O)[C@H]23)OCO4)cc(OC)c1O. The van der Waals surface area contributed by atoms with Crippen molar-refractivity contribution in [2.45, 2.75) is 12.0 Å². The van der Waals surface area contributed by atoms with Gasteiger partial charge in [0.15, 0.2) is 28.8 Å². The van der Waals surface area contributed by atoms with E-state index in [2.05, 4.69) is 10.2 Å². The molecule has 1 fully saturated rings. The van der Waals surface area contributed by atoms with Crippen molar-refractivity contribution in [1.29, 1.82) is 0 Å². The Morgan fingerprint density at radius 2 is 1.44 bits per heavy atom. The minimum absolute atomic E-state index is 0.0913. The van der Waals surface area contributed by atoms with Crippen LogP contribution in [-0.2, 0) is 9.53 Å². The predicted octanol–water partition coefficient (Wildman–Crippen LogP) is 6.74. The maximum absolute atomic E-state index is 13.5. The summed E-state index contributed by atoms with van der Waals surface area (Å²) in [6.07, 6.45) is 0.